The Balaban J connectivity index is 2.16. The van der Waals surface area contributed by atoms with Gasteiger partial charge in [0.2, 0.25) is 0 Å². The van der Waals surface area contributed by atoms with Crippen molar-refractivity contribution in [3.63, 3.8) is 0 Å². The van der Waals surface area contributed by atoms with Gasteiger partial charge in [-0.15, -0.1) is 0 Å². The molecule has 0 nitrogen and oxygen atoms in total. The molecule has 100 valence electrons. The fourth-order valence-corrected chi connectivity index (χ4v) is 2.22. The Hall–Kier alpha value is -2.34. The molecule has 0 aliphatic rings. The average molecular weight is 260 g/mol. The van der Waals surface area contributed by atoms with Crippen LogP contribution in [0, 0.1) is 0 Å². The van der Waals surface area contributed by atoms with Crippen LogP contribution in [0.4, 0.5) is 0 Å². The van der Waals surface area contributed by atoms with Crippen molar-refractivity contribution < 1.29 is 0 Å². The number of benzene rings is 2. The molecule has 0 amide bonds. The molecule has 0 bridgehead atoms. The van der Waals surface area contributed by atoms with Gasteiger partial charge in [-0.2, -0.15) is 0 Å². The van der Waals surface area contributed by atoms with Crippen molar-refractivity contribution in [1.29, 1.82) is 0 Å². The summed E-state index contributed by atoms with van der Waals surface area (Å²) < 4.78 is 0. The molecule has 0 unspecified atom stereocenters. The summed E-state index contributed by atoms with van der Waals surface area (Å²) >= 11 is 0. The lowest BCUT2D eigenvalue weighted by atomic mass is 10.00. The van der Waals surface area contributed by atoms with E-state index >= 15 is 0 Å². The van der Waals surface area contributed by atoms with Crippen molar-refractivity contribution in [2.75, 3.05) is 0 Å². The van der Waals surface area contributed by atoms with Crippen molar-refractivity contribution in [2.45, 2.75) is 13.3 Å². The molecule has 0 heteroatoms. The van der Waals surface area contributed by atoms with Gasteiger partial charge in [0.05, 0.1) is 0 Å². The Bertz CT molecular complexity index is 598. The molecular weight excluding hydrogens is 240 g/mol. The zero-order valence-electron chi connectivity index (χ0n) is 11.9. The van der Waals surface area contributed by atoms with Crippen molar-refractivity contribution in [3.8, 4) is 11.1 Å². The molecule has 2 aromatic carbocycles. The third-order valence-corrected chi connectivity index (χ3v) is 3.18. The van der Waals surface area contributed by atoms with E-state index in [1.54, 1.807) is 0 Å². The van der Waals surface area contributed by atoms with Crippen LogP contribution in [0.15, 0.2) is 91.1 Å². The third-order valence-electron chi connectivity index (χ3n) is 3.18. The van der Waals surface area contributed by atoms with Gasteiger partial charge in [-0.3, -0.25) is 0 Å². The minimum absolute atomic E-state index is 0.936. The summed E-state index contributed by atoms with van der Waals surface area (Å²) in [5.74, 6) is 0. The number of rotatable bonds is 5. The van der Waals surface area contributed by atoms with Crippen LogP contribution in [0.3, 0.4) is 0 Å². The molecule has 0 aliphatic heterocycles. The number of hydrogen-bond donors (Lipinski definition) is 0. The second-order valence-electron chi connectivity index (χ2n) is 4.72. The smallest absolute Gasteiger partial charge is 0.00259 e. The van der Waals surface area contributed by atoms with E-state index in [2.05, 4.69) is 73.3 Å². The Morgan fingerprint density at radius 3 is 2.20 bits per heavy atom. The highest BCUT2D eigenvalue weighted by molar-refractivity contribution is 5.63. The van der Waals surface area contributed by atoms with Crippen LogP contribution in [-0.4, -0.2) is 0 Å². The molecule has 0 spiro atoms. The summed E-state index contributed by atoms with van der Waals surface area (Å²) in [6, 6.07) is 19.2. The Labute approximate surface area is 121 Å². The lowest BCUT2D eigenvalue weighted by Crippen LogP contribution is -1.88. The van der Waals surface area contributed by atoms with Gasteiger partial charge < -0.3 is 0 Å². The molecule has 20 heavy (non-hydrogen) atoms. The first-order valence-corrected chi connectivity index (χ1v) is 6.92. The van der Waals surface area contributed by atoms with E-state index in [1.807, 2.05) is 19.1 Å². The van der Waals surface area contributed by atoms with Gasteiger partial charge in [0.25, 0.3) is 0 Å². The molecule has 0 fully saturated rings. The van der Waals surface area contributed by atoms with Crippen LogP contribution in [0.1, 0.15) is 12.5 Å². The minimum Gasteiger partial charge on any atom is -0.0991 e. The summed E-state index contributed by atoms with van der Waals surface area (Å²) in [7, 11) is 0. The van der Waals surface area contributed by atoms with Crippen LogP contribution in [-0.2, 0) is 6.42 Å². The lowest BCUT2D eigenvalue weighted by molar-refractivity contribution is 1.19. The second-order valence-corrected chi connectivity index (χ2v) is 4.72. The second kappa shape index (κ2) is 7.30. The molecule has 0 radical (unpaired) electrons. The first-order valence-electron chi connectivity index (χ1n) is 6.92. The Morgan fingerprint density at radius 1 is 0.950 bits per heavy atom. The maximum Gasteiger partial charge on any atom is -0.00259 e. The van der Waals surface area contributed by atoms with E-state index in [4.69, 9.17) is 0 Å². The molecule has 0 atom stereocenters. The van der Waals surface area contributed by atoms with Crippen molar-refractivity contribution in [3.05, 3.63) is 96.6 Å². The van der Waals surface area contributed by atoms with Gasteiger partial charge in [-0.05, 0) is 35.6 Å². The van der Waals surface area contributed by atoms with Crippen LogP contribution in [0.25, 0.3) is 11.1 Å². The molecule has 0 aliphatic carbocycles. The van der Waals surface area contributed by atoms with E-state index < -0.39 is 0 Å². The molecule has 0 aromatic heterocycles. The Morgan fingerprint density at radius 2 is 1.60 bits per heavy atom. The predicted molar refractivity (Wildman–Crippen MR) is 88.7 cm³/mol. The molecule has 0 N–H and O–H groups in total. The summed E-state index contributed by atoms with van der Waals surface area (Å²) in [6.07, 6.45) is 9.03. The molecule has 2 aromatic rings. The quantitative estimate of drug-likeness (QED) is 0.615. The Kier molecular flexibility index (Phi) is 5.14. The van der Waals surface area contributed by atoms with Crippen LogP contribution in [0.5, 0.6) is 0 Å². The largest absolute Gasteiger partial charge is 0.0991 e. The standard InChI is InChI=1S/C20H20/c1-3-8-17(9-4-2)16-18-12-14-20(15-13-18)19-10-6-5-7-11-19/h3-15H,1,16H2,2H3/b9-4-,17-8+. The topological polar surface area (TPSA) is 0 Å². The van der Waals surface area contributed by atoms with E-state index in [0.29, 0.717) is 0 Å². The average Bonchev–Trinajstić information content (AvgIpc) is 2.49. The van der Waals surface area contributed by atoms with Gasteiger partial charge >= 0.3 is 0 Å². The molecule has 0 saturated heterocycles. The third kappa shape index (κ3) is 3.83. The molecular formula is C20H20. The zero-order valence-corrected chi connectivity index (χ0v) is 11.9. The van der Waals surface area contributed by atoms with Gasteiger partial charge in [0, 0.05) is 0 Å². The fraction of sp³-hybridized carbons (Fsp3) is 0.100. The predicted octanol–water partition coefficient (Wildman–Crippen LogP) is 5.58. The van der Waals surface area contributed by atoms with Gasteiger partial charge in [-0.25, -0.2) is 0 Å². The summed E-state index contributed by atoms with van der Waals surface area (Å²) in [5, 5.41) is 0. The maximum absolute atomic E-state index is 3.77. The lowest BCUT2D eigenvalue weighted by Gasteiger charge is -2.05. The van der Waals surface area contributed by atoms with Crippen molar-refractivity contribution in [1.82, 2.24) is 0 Å². The number of hydrogen-bond acceptors (Lipinski definition) is 0. The van der Waals surface area contributed by atoms with Crippen molar-refractivity contribution >= 4 is 0 Å². The highest BCUT2D eigenvalue weighted by Crippen LogP contribution is 2.20. The van der Waals surface area contributed by atoms with Crippen molar-refractivity contribution in [2.24, 2.45) is 0 Å². The van der Waals surface area contributed by atoms with E-state index in [-0.39, 0.29) is 0 Å². The minimum atomic E-state index is 0.936. The van der Waals surface area contributed by atoms with E-state index in [0.717, 1.165) is 6.42 Å². The van der Waals surface area contributed by atoms with Gasteiger partial charge in [0.15, 0.2) is 0 Å². The van der Waals surface area contributed by atoms with Crippen LogP contribution in [0.2, 0.25) is 0 Å². The van der Waals surface area contributed by atoms with Gasteiger partial charge in [-0.1, -0.05) is 85.5 Å². The molecule has 2 rings (SSSR count). The highest BCUT2D eigenvalue weighted by atomic mass is 14.0. The van der Waals surface area contributed by atoms with Gasteiger partial charge in [0.1, 0.15) is 0 Å². The first kappa shape index (κ1) is 14.1. The monoisotopic (exact) mass is 260 g/mol. The van der Waals surface area contributed by atoms with Crippen LogP contribution < -0.4 is 0 Å². The first-order chi connectivity index (χ1) is 9.83. The summed E-state index contributed by atoms with van der Waals surface area (Å²) in [4.78, 5) is 0. The molecule has 0 heterocycles. The van der Waals surface area contributed by atoms with Crippen LogP contribution >= 0.6 is 0 Å². The van der Waals surface area contributed by atoms with E-state index in [9.17, 15) is 0 Å². The van der Waals surface area contributed by atoms with E-state index in [1.165, 1.54) is 22.3 Å². The SMILES string of the molecule is C=C/C=C(\C=C/C)Cc1ccc(-c2ccccc2)cc1. The maximum atomic E-state index is 3.77. The highest BCUT2D eigenvalue weighted by Gasteiger charge is 1.99. The fourth-order valence-electron chi connectivity index (χ4n) is 2.22. The molecule has 0 saturated carbocycles. The normalized spacial score (nSPS) is 11.8. The zero-order chi connectivity index (χ0) is 14.2. The summed E-state index contributed by atoms with van der Waals surface area (Å²) in [6.45, 7) is 5.80. The number of allylic oxidation sites excluding steroid dienone is 5. The summed E-state index contributed by atoms with van der Waals surface area (Å²) in [5.41, 5.74) is 5.11.